The Morgan fingerprint density at radius 2 is 2.11 bits per heavy atom. The summed E-state index contributed by atoms with van der Waals surface area (Å²) in [6, 6.07) is 5.90. The van der Waals surface area contributed by atoms with Gasteiger partial charge in [-0.05, 0) is 31.0 Å². The number of aliphatic hydroxyl groups excluding tert-OH is 1. The molecule has 0 fully saturated rings. The van der Waals surface area contributed by atoms with Crippen molar-refractivity contribution in [1.82, 2.24) is 4.57 Å². The molecule has 2 aromatic rings. The van der Waals surface area contributed by atoms with Gasteiger partial charge in [0.05, 0.1) is 13.2 Å². The molecule has 4 heteroatoms. The van der Waals surface area contributed by atoms with Gasteiger partial charge in [-0.25, -0.2) is 0 Å². The van der Waals surface area contributed by atoms with Gasteiger partial charge in [-0.3, -0.25) is 0 Å². The topological polar surface area (TPSA) is 34.4 Å². The Hall–Kier alpha value is -1.19. The third-order valence-electron chi connectivity index (χ3n) is 3.09. The summed E-state index contributed by atoms with van der Waals surface area (Å²) in [5.41, 5.74) is 1.82. The van der Waals surface area contributed by atoms with Crippen LogP contribution in [0.1, 0.15) is 26.3 Å². The molecule has 3 nitrogen and oxygen atoms in total. The number of fused-ring (bicyclic) bond motifs is 1. The number of halogens is 1. The molecule has 1 aromatic heterocycles. The van der Waals surface area contributed by atoms with Crippen LogP contribution in [0.5, 0.6) is 5.75 Å². The molecular formula is C15H20ClNO2. The van der Waals surface area contributed by atoms with Crippen LogP contribution >= 0.6 is 11.6 Å². The van der Waals surface area contributed by atoms with E-state index in [1.54, 1.807) is 0 Å². The van der Waals surface area contributed by atoms with Crippen molar-refractivity contribution in [3.63, 3.8) is 0 Å². The molecule has 0 bridgehead atoms. The van der Waals surface area contributed by atoms with Crippen LogP contribution in [0.15, 0.2) is 18.2 Å². The highest BCUT2D eigenvalue weighted by Crippen LogP contribution is 2.33. The Labute approximate surface area is 118 Å². The Morgan fingerprint density at radius 3 is 2.68 bits per heavy atom. The Morgan fingerprint density at radius 1 is 1.37 bits per heavy atom. The molecule has 2 rings (SSSR count). The lowest BCUT2D eigenvalue weighted by molar-refractivity contribution is 0.283. The van der Waals surface area contributed by atoms with E-state index in [1.807, 2.05) is 25.1 Å². The van der Waals surface area contributed by atoms with E-state index in [2.05, 4.69) is 18.4 Å². The molecule has 0 spiro atoms. The number of benzene rings is 1. The second kappa shape index (κ2) is 5.85. The summed E-state index contributed by atoms with van der Waals surface area (Å²) < 4.78 is 7.57. The number of rotatable bonds is 5. The van der Waals surface area contributed by atoms with Crippen LogP contribution in [-0.4, -0.2) is 16.3 Å². The van der Waals surface area contributed by atoms with Gasteiger partial charge < -0.3 is 14.4 Å². The van der Waals surface area contributed by atoms with Gasteiger partial charge in [0, 0.05) is 23.0 Å². The highest BCUT2D eigenvalue weighted by atomic mass is 35.5. The van der Waals surface area contributed by atoms with Crippen molar-refractivity contribution in [2.24, 2.45) is 5.92 Å². The summed E-state index contributed by atoms with van der Waals surface area (Å²) in [7, 11) is 0. The molecule has 0 unspecified atom stereocenters. The molecular weight excluding hydrogens is 262 g/mol. The summed E-state index contributed by atoms with van der Waals surface area (Å²) in [5, 5.41) is 11.1. The van der Waals surface area contributed by atoms with E-state index in [1.165, 1.54) is 0 Å². The maximum absolute atomic E-state index is 9.55. The van der Waals surface area contributed by atoms with E-state index in [4.69, 9.17) is 16.3 Å². The van der Waals surface area contributed by atoms with Crippen LogP contribution in [-0.2, 0) is 13.2 Å². The van der Waals surface area contributed by atoms with Crippen LogP contribution in [0.3, 0.4) is 0 Å². The lowest BCUT2D eigenvalue weighted by Gasteiger charge is -2.10. The number of ether oxygens (including phenoxy) is 1. The van der Waals surface area contributed by atoms with Crippen LogP contribution < -0.4 is 4.74 Å². The highest BCUT2D eigenvalue weighted by molar-refractivity contribution is 6.32. The largest absolute Gasteiger partial charge is 0.494 e. The quantitative estimate of drug-likeness (QED) is 0.903. The molecule has 1 heterocycles. The van der Waals surface area contributed by atoms with Crippen molar-refractivity contribution in [3.8, 4) is 5.75 Å². The SMILES string of the molecule is CCOc1ccc2c(c1)c(CO)c(Cl)n2CC(C)C. The second-order valence-corrected chi connectivity index (χ2v) is 5.40. The van der Waals surface area contributed by atoms with Gasteiger partial charge in [-0.2, -0.15) is 0 Å². The fourth-order valence-corrected chi connectivity index (χ4v) is 2.64. The molecule has 0 atom stereocenters. The molecule has 0 aliphatic heterocycles. The summed E-state index contributed by atoms with van der Waals surface area (Å²) in [6.45, 7) is 7.65. The normalized spacial score (nSPS) is 11.5. The zero-order valence-corrected chi connectivity index (χ0v) is 12.4. The van der Waals surface area contributed by atoms with E-state index in [9.17, 15) is 5.11 Å². The summed E-state index contributed by atoms with van der Waals surface area (Å²) in [6.07, 6.45) is 0. The first-order valence-corrected chi connectivity index (χ1v) is 7.00. The number of nitrogens with zero attached hydrogens (tertiary/aromatic N) is 1. The van der Waals surface area contributed by atoms with Gasteiger partial charge in [-0.15, -0.1) is 0 Å². The molecule has 0 aliphatic rings. The Balaban J connectivity index is 2.60. The van der Waals surface area contributed by atoms with Crippen LogP contribution in [0.4, 0.5) is 0 Å². The standard InChI is InChI=1S/C15H20ClNO2/c1-4-19-11-5-6-14-12(7-11)13(9-18)15(16)17(14)8-10(2)3/h5-7,10,18H,4,8-9H2,1-3H3. The van der Waals surface area contributed by atoms with E-state index in [0.717, 1.165) is 28.8 Å². The molecule has 0 aliphatic carbocycles. The van der Waals surface area contributed by atoms with E-state index in [-0.39, 0.29) is 6.61 Å². The predicted octanol–water partition coefficient (Wildman–Crippen LogP) is 3.84. The van der Waals surface area contributed by atoms with Gasteiger partial charge in [0.15, 0.2) is 0 Å². The number of hydrogen-bond acceptors (Lipinski definition) is 2. The average Bonchev–Trinajstić information content (AvgIpc) is 2.62. The lowest BCUT2D eigenvalue weighted by Crippen LogP contribution is -2.04. The maximum Gasteiger partial charge on any atom is 0.120 e. The minimum absolute atomic E-state index is 0.0595. The van der Waals surface area contributed by atoms with E-state index >= 15 is 0 Å². The molecule has 104 valence electrons. The first-order chi connectivity index (χ1) is 9.08. The summed E-state index contributed by atoms with van der Waals surface area (Å²) in [5.74, 6) is 1.30. The fraction of sp³-hybridized carbons (Fsp3) is 0.467. The minimum atomic E-state index is -0.0595. The molecule has 1 N–H and O–H groups in total. The van der Waals surface area contributed by atoms with Crippen molar-refractivity contribution in [3.05, 3.63) is 28.9 Å². The van der Waals surface area contributed by atoms with Crippen molar-refractivity contribution in [1.29, 1.82) is 0 Å². The number of aliphatic hydroxyl groups is 1. The molecule has 0 amide bonds. The monoisotopic (exact) mass is 281 g/mol. The molecule has 1 aromatic carbocycles. The predicted molar refractivity (Wildman–Crippen MR) is 78.9 cm³/mol. The Bertz CT molecular complexity index is 575. The van der Waals surface area contributed by atoms with Crippen LogP contribution in [0.2, 0.25) is 5.15 Å². The zero-order chi connectivity index (χ0) is 14.0. The number of hydrogen-bond donors (Lipinski definition) is 1. The third kappa shape index (κ3) is 2.72. The minimum Gasteiger partial charge on any atom is -0.494 e. The van der Waals surface area contributed by atoms with Crippen molar-refractivity contribution in [2.45, 2.75) is 33.9 Å². The van der Waals surface area contributed by atoms with Gasteiger partial charge in [0.2, 0.25) is 0 Å². The molecule has 0 saturated carbocycles. The lowest BCUT2D eigenvalue weighted by atomic mass is 10.1. The van der Waals surface area contributed by atoms with E-state index < -0.39 is 0 Å². The smallest absolute Gasteiger partial charge is 0.120 e. The third-order valence-corrected chi connectivity index (χ3v) is 3.52. The van der Waals surface area contributed by atoms with Gasteiger partial charge in [0.1, 0.15) is 10.9 Å². The van der Waals surface area contributed by atoms with Gasteiger partial charge >= 0.3 is 0 Å². The zero-order valence-electron chi connectivity index (χ0n) is 11.6. The van der Waals surface area contributed by atoms with Gasteiger partial charge in [0.25, 0.3) is 0 Å². The van der Waals surface area contributed by atoms with Crippen LogP contribution in [0, 0.1) is 5.92 Å². The summed E-state index contributed by atoms with van der Waals surface area (Å²) in [4.78, 5) is 0. The summed E-state index contributed by atoms with van der Waals surface area (Å²) >= 11 is 6.39. The molecule has 0 saturated heterocycles. The second-order valence-electron chi connectivity index (χ2n) is 5.04. The number of aromatic nitrogens is 1. The van der Waals surface area contributed by atoms with Gasteiger partial charge in [-0.1, -0.05) is 25.4 Å². The van der Waals surface area contributed by atoms with Crippen molar-refractivity contribution in [2.75, 3.05) is 6.61 Å². The average molecular weight is 282 g/mol. The Kier molecular flexibility index (Phi) is 4.38. The van der Waals surface area contributed by atoms with E-state index in [0.29, 0.717) is 17.7 Å². The first-order valence-electron chi connectivity index (χ1n) is 6.62. The molecule has 19 heavy (non-hydrogen) atoms. The van der Waals surface area contributed by atoms with Crippen molar-refractivity contribution >= 4 is 22.5 Å². The highest BCUT2D eigenvalue weighted by Gasteiger charge is 2.16. The molecule has 0 radical (unpaired) electrons. The first kappa shape index (κ1) is 14.2. The fourth-order valence-electron chi connectivity index (χ4n) is 2.32. The van der Waals surface area contributed by atoms with Crippen LogP contribution in [0.25, 0.3) is 10.9 Å². The van der Waals surface area contributed by atoms with Crippen molar-refractivity contribution < 1.29 is 9.84 Å². The maximum atomic E-state index is 9.55.